The van der Waals surface area contributed by atoms with Crippen molar-refractivity contribution in [2.24, 2.45) is 0 Å². The van der Waals surface area contributed by atoms with Crippen LogP contribution < -0.4 is 9.64 Å². The molecule has 0 atom stereocenters. The summed E-state index contributed by atoms with van der Waals surface area (Å²) in [5.41, 5.74) is 3.09. The molecule has 0 aliphatic carbocycles. The second-order valence-electron chi connectivity index (χ2n) is 5.83. The van der Waals surface area contributed by atoms with Gasteiger partial charge in [0, 0.05) is 17.3 Å². The standard InChI is InChI=1S/C19H18N2O4/c1-24-12-5-6-14-13(11-12)17-18-15(20-14)3-2-4-16(18)21(19(17)23)7-9-25-10-8-22/h2-6,11,22H,7-10H2,1H3. The molecule has 0 radical (unpaired) electrons. The van der Waals surface area contributed by atoms with Crippen LogP contribution in [0.4, 0.5) is 5.69 Å². The number of anilines is 1. The van der Waals surface area contributed by atoms with Crippen molar-refractivity contribution in [3.05, 3.63) is 42.0 Å². The summed E-state index contributed by atoms with van der Waals surface area (Å²) >= 11 is 0. The van der Waals surface area contributed by atoms with E-state index < -0.39 is 0 Å². The van der Waals surface area contributed by atoms with Gasteiger partial charge in [0.25, 0.3) is 5.91 Å². The number of amides is 1. The van der Waals surface area contributed by atoms with Gasteiger partial charge in [-0.3, -0.25) is 4.79 Å². The molecule has 25 heavy (non-hydrogen) atoms. The Morgan fingerprint density at radius 2 is 2.04 bits per heavy atom. The summed E-state index contributed by atoms with van der Waals surface area (Å²) in [6.07, 6.45) is 0. The first kappa shape index (κ1) is 15.8. The first-order valence-corrected chi connectivity index (χ1v) is 8.15. The maximum atomic E-state index is 13.1. The van der Waals surface area contributed by atoms with E-state index in [4.69, 9.17) is 19.6 Å². The zero-order valence-electron chi connectivity index (χ0n) is 13.9. The molecule has 0 saturated heterocycles. The second-order valence-corrected chi connectivity index (χ2v) is 5.83. The Morgan fingerprint density at radius 3 is 2.84 bits per heavy atom. The van der Waals surface area contributed by atoms with Crippen molar-refractivity contribution in [2.45, 2.75) is 0 Å². The van der Waals surface area contributed by atoms with Crippen LogP contribution >= 0.6 is 0 Å². The van der Waals surface area contributed by atoms with Gasteiger partial charge in [0.15, 0.2) is 0 Å². The summed E-state index contributed by atoms with van der Waals surface area (Å²) in [4.78, 5) is 19.5. The largest absolute Gasteiger partial charge is 0.497 e. The van der Waals surface area contributed by atoms with E-state index in [0.29, 0.717) is 24.5 Å². The highest BCUT2D eigenvalue weighted by atomic mass is 16.5. The van der Waals surface area contributed by atoms with Gasteiger partial charge in [0.05, 0.1) is 49.2 Å². The molecule has 1 aromatic heterocycles. The number of hydrogen-bond donors (Lipinski definition) is 1. The number of benzene rings is 2. The van der Waals surface area contributed by atoms with Crippen molar-refractivity contribution in [1.29, 1.82) is 0 Å². The van der Waals surface area contributed by atoms with E-state index in [1.54, 1.807) is 12.0 Å². The molecule has 3 aromatic rings. The van der Waals surface area contributed by atoms with E-state index in [1.165, 1.54) is 0 Å². The molecular formula is C19H18N2O4. The Bertz CT molecular complexity index is 970. The average molecular weight is 338 g/mol. The summed E-state index contributed by atoms with van der Waals surface area (Å²) in [6.45, 7) is 1.03. The molecule has 2 heterocycles. The number of carbonyl (C=O) groups is 1. The Balaban J connectivity index is 1.85. The van der Waals surface area contributed by atoms with Gasteiger partial charge < -0.3 is 19.5 Å². The monoisotopic (exact) mass is 338 g/mol. The van der Waals surface area contributed by atoms with Crippen LogP contribution in [0.2, 0.25) is 0 Å². The minimum Gasteiger partial charge on any atom is -0.497 e. The number of hydrogen-bond acceptors (Lipinski definition) is 5. The molecule has 0 fully saturated rings. The van der Waals surface area contributed by atoms with Crippen molar-refractivity contribution in [1.82, 2.24) is 4.98 Å². The predicted octanol–water partition coefficient (Wildman–Crippen LogP) is 2.37. The van der Waals surface area contributed by atoms with Gasteiger partial charge in [-0.05, 0) is 30.3 Å². The van der Waals surface area contributed by atoms with E-state index in [2.05, 4.69) is 0 Å². The summed E-state index contributed by atoms with van der Waals surface area (Å²) in [6, 6.07) is 11.3. The summed E-state index contributed by atoms with van der Waals surface area (Å²) in [5, 5.41) is 10.5. The highest BCUT2D eigenvalue weighted by Gasteiger charge is 2.32. The van der Waals surface area contributed by atoms with Crippen LogP contribution in [-0.2, 0) is 4.74 Å². The summed E-state index contributed by atoms with van der Waals surface area (Å²) < 4.78 is 10.6. The number of ether oxygens (including phenoxy) is 2. The molecule has 0 spiro atoms. The zero-order chi connectivity index (χ0) is 17.4. The smallest absolute Gasteiger partial charge is 0.259 e. The highest BCUT2D eigenvalue weighted by Crippen LogP contribution is 2.40. The van der Waals surface area contributed by atoms with Gasteiger partial charge in [0.2, 0.25) is 0 Å². The lowest BCUT2D eigenvalue weighted by atomic mass is 10.0. The molecule has 0 bridgehead atoms. The fourth-order valence-corrected chi connectivity index (χ4v) is 3.32. The summed E-state index contributed by atoms with van der Waals surface area (Å²) in [5.74, 6) is 0.638. The average Bonchev–Trinajstić information content (AvgIpc) is 2.93. The Kier molecular flexibility index (Phi) is 3.99. The van der Waals surface area contributed by atoms with Crippen LogP contribution in [0.25, 0.3) is 21.8 Å². The number of methoxy groups -OCH3 is 1. The molecule has 6 heteroatoms. The molecule has 6 nitrogen and oxygen atoms in total. The molecule has 128 valence electrons. The van der Waals surface area contributed by atoms with Crippen molar-refractivity contribution in [3.63, 3.8) is 0 Å². The van der Waals surface area contributed by atoms with E-state index >= 15 is 0 Å². The topological polar surface area (TPSA) is 71.9 Å². The van der Waals surface area contributed by atoms with Gasteiger partial charge in [-0.25, -0.2) is 4.98 Å². The van der Waals surface area contributed by atoms with Gasteiger partial charge >= 0.3 is 0 Å². The lowest BCUT2D eigenvalue weighted by molar-refractivity contribution is 0.0892. The lowest BCUT2D eigenvalue weighted by Crippen LogP contribution is -2.30. The van der Waals surface area contributed by atoms with Crippen LogP contribution in [0, 0.1) is 0 Å². The quantitative estimate of drug-likeness (QED) is 0.552. The maximum absolute atomic E-state index is 13.1. The van der Waals surface area contributed by atoms with Crippen LogP contribution in [0.3, 0.4) is 0 Å². The molecule has 4 rings (SSSR count). The number of aliphatic hydroxyl groups excluding tert-OH is 1. The maximum Gasteiger partial charge on any atom is 0.259 e. The van der Waals surface area contributed by atoms with E-state index in [0.717, 1.165) is 27.5 Å². The fourth-order valence-electron chi connectivity index (χ4n) is 3.32. The van der Waals surface area contributed by atoms with E-state index in [1.807, 2.05) is 36.4 Å². The van der Waals surface area contributed by atoms with Crippen molar-refractivity contribution >= 4 is 33.4 Å². The molecule has 1 aliphatic heterocycles. The van der Waals surface area contributed by atoms with Crippen molar-refractivity contribution < 1.29 is 19.4 Å². The van der Waals surface area contributed by atoms with E-state index in [9.17, 15) is 4.79 Å². The minimum absolute atomic E-state index is 0.0297. The second kappa shape index (κ2) is 6.31. The molecule has 0 saturated carbocycles. The van der Waals surface area contributed by atoms with Gasteiger partial charge in [0.1, 0.15) is 5.75 Å². The molecule has 0 unspecified atom stereocenters. The van der Waals surface area contributed by atoms with Crippen LogP contribution in [0.5, 0.6) is 5.75 Å². The number of rotatable bonds is 6. The van der Waals surface area contributed by atoms with Crippen molar-refractivity contribution in [2.75, 3.05) is 38.4 Å². The van der Waals surface area contributed by atoms with Crippen LogP contribution in [0.15, 0.2) is 36.4 Å². The van der Waals surface area contributed by atoms with Gasteiger partial charge in [-0.2, -0.15) is 0 Å². The third-order valence-electron chi connectivity index (χ3n) is 4.43. The first-order chi connectivity index (χ1) is 12.2. The number of fused-ring (bicyclic) bond motifs is 2. The number of nitrogens with zero attached hydrogens (tertiary/aromatic N) is 2. The molecule has 1 amide bonds. The zero-order valence-corrected chi connectivity index (χ0v) is 13.9. The van der Waals surface area contributed by atoms with Crippen LogP contribution in [-0.4, -0.2) is 49.5 Å². The first-order valence-electron chi connectivity index (χ1n) is 8.15. The Labute approximate surface area is 144 Å². The SMILES string of the molecule is COc1ccc2nc3cccc4c3c(c2c1)C(=O)N4CCOCCO. The Morgan fingerprint density at radius 1 is 1.16 bits per heavy atom. The van der Waals surface area contributed by atoms with Crippen molar-refractivity contribution in [3.8, 4) is 5.75 Å². The highest BCUT2D eigenvalue weighted by molar-refractivity contribution is 6.30. The third-order valence-corrected chi connectivity index (χ3v) is 4.43. The number of pyridine rings is 1. The summed E-state index contributed by atoms with van der Waals surface area (Å²) in [7, 11) is 1.60. The molecule has 2 aromatic carbocycles. The molecular weight excluding hydrogens is 320 g/mol. The van der Waals surface area contributed by atoms with Gasteiger partial charge in [-0.15, -0.1) is 0 Å². The number of carbonyl (C=O) groups excluding carboxylic acids is 1. The molecule has 1 N–H and O–H groups in total. The van der Waals surface area contributed by atoms with Crippen LogP contribution in [0.1, 0.15) is 10.4 Å². The third kappa shape index (κ3) is 2.50. The number of aliphatic hydroxyl groups is 1. The predicted molar refractivity (Wildman–Crippen MR) is 95.4 cm³/mol. The normalized spacial score (nSPS) is 13.2. The molecule has 1 aliphatic rings. The number of aromatic nitrogens is 1. The minimum atomic E-state index is -0.0561. The van der Waals surface area contributed by atoms with E-state index in [-0.39, 0.29) is 19.1 Å². The fraction of sp³-hybridized carbons (Fsp3) is 0.263. The van der Waals surface area contributed by atoms with Gasteiger partial charge in [-0.1, -0.05) is 6.07 Å². The Hall–Kier alpha value is -2.70. The lowest BCUT2D eigenvalue weighted by Gasteiger charge is -2.17.